The van der Waals surface area contributed by atoms with Crippen LogP contribution < -0.4 is 0 Å². The lowest BCUT2D eigenvalue weighted by Crippen LogP contribution is -2.37. The highest BCUT2D eigenvalue weighted by molar-refractivity contribution is 5.89. The molecule has 2 heterocycles. The van der Waals surface area contributed by atoms with Crippen LogP contribution in [0.3, 0.4) is 0 Å². The number of fused-ring (bicyclic) bond motifs is 3. The van der Waals surface area contributed by atoms with Gasteiger partial charge < -0.3 is 19.3 Å². The minimum Gasteiger partial charge on any atom is -0.500 e. The van der Waals surface area contributed by atoms with Crippen LogP contribution in [0.5, 0.6) is 0 Å². The van der Waals surface area contributed by atoms with Crippen LogP contribution in [-0.4, -0.2) is 43.1 Å². The van der Waals surface area contributed by atoms with Gasteiger partial charge in [-0.1, -0.05) is 0 Å². The molecule has 0 amide bonds. The number of hydrogen-bond acceptors (Lipinski definition) is 5. The Balaban J connectivity index is 1.87. The molecule has 0 spiro atoms. The third kappa shape index (κ3) is 1.10. The Kier molecular flexibility index (Phi) is 2.03. The molecule has 1 saturated carbocycles. The topological polar surface area (TPSA) is 68.3 Å². The fourth-order valence-corrected chi connectivity index (χ4v) is 3.04. The molecule has 0 aromatic heterocycles. The number of aliphatic hydroxyl groups excluding tert-OH is 1. The molecule has 16 heavy (non-hydrogen) atoms. The van der Waals surface area contributed by atoms with Crippen LogP contribution in [0.4, 0.5) is 0 Å². The van der Waals surface area contributed by atoms with Crippen LogP contribution in [0.15, 0.2) is 11.8 Å². The highest BCUT2D eigenvalue weighted by atomic mass is 16.6. The second kappa shape index (κ2) is 3.21. The third-order valence-corrected chi connectivity index (χ3v) is 3.98. The number of carbonyl (C=O) groups excluding carboxylic acids is 1. The van der Waals surface area contributed by atoms with E-state index >= 15 is 0 Å². The van der Waals surface area contributed by atoms with Crippen LogP contribution >= 0.6 is 0 Å². The Morgan fingerprint density at radius 1 is 1.75 bits per heavy atom. The van der Waals surface area contributed by atoms with Crippen LogP contribution in [0, 0.1) is 11.8 Å². The predicted molar refractivity (Wildman–Crippen MR) is 52.3 cm³/mol. The molecule has 1 aliphatic carbocycles. The quantitative estimate of drug-likeness (QED) is 0.523. The van der Waals surface area contributed by atoms with Crippen molar-refractivity contribution in [2.45, 2.75) is 18.1 Å². The molecule has 0 aromatic carbocycles. The maximum atomic E-state index is 11.5. The molecule has 2 aliphatic heterocycles. The van der Waals surface area contributed by atoms with Crippen molar-refractivity contribution >= 4 is 5.97 Å². The molecule has 2 fully saturated rings. The van der Waals surface area contributed by atoms with Gasteiger partial charge in [-0.05, 0) is 6.42 Å². The van der Waals surface area contributed by atoms with Crippen LogP contribution in [0.1, 0.15) is 6.42 Å². The van der Waals surface area contributed by atoms with Gasteiger partial charge in [0.25, 0.3) is 0 Å². The maximum Gasteiger partial charge on any atom is 0.337 e. The number of ether oxygens (including phenoxy) is 3. The van der Waals surface area contributed by atoms with Crippen molar-refractivity contribution in [1.29, 1.82) is 0 Å². The van der Waals surface area contributed by atoms with Crippen LogP contribution in [0.2, 0.25) is 0 Å². The SMILES string of the molecule is COC(=O)C1=COCC2C1CC1OC12CO. The number of methoxy groups -OCH3 is 1. The predicted octanol–water partition coefficient (Wildman–Crippen LogP) is -0.161. The van der Waals surface area contributed by atoms with E-state index in [4.69, 9.17) is 14.2 Å². The zero-order valence-corrected chi connectivity index (χ0v) is 9.01. The monoisotopic (exact) mass is 226 g/mol. The molecule has 88 valence electrons. The largest absolute Gasteiger partial charge is 0.500 e. The summed E-state index contributed by atoms with van der Waals surface area (Å²) in [5.74, 6) is -0.169. The summed E-state index contributed by atoms with van der Waals surface area (Å²) in [4.78, 5) is 11.5. The van der Waals surface area contributed by atoms with Crippen molar-refractivity contribution in [3.05, 3.63) is 11.8 Å². The van der Waals surface area contributed by atoms with Gasteiger partial charge in [0.1, 0.15) is 5.60 Å². The van der Waals surface area contributed by atoms with Crippen molar-refractivity contribution in [2.75, 3.05) is 20.3 Å². The summed E-state index contributed by atoms with van der Waals surface area (Å²) in [5.41, 5.74) is 0.112. The third-order valence-electron chi connectivity index (χ3n) is 3.98. The lowest BCUT2D eigenvalue weighted by Gasteiger charge is -2.30. The van der Waals surface area contributed by atoms with Gasteiger partial charge in [0.15, 0.2) is 0 Å². The van der Waals surface area contributed by atoms with E-state index in [1.165, 1.54) is 13.4 Å². The van der Waals surface area contributed by atoms with E-state index in [0.717, 1.165) is 6.42 Å². The van der Waals surface area contributed by atoms with Crippen molar-refractivity contribution in [3.8, 4) is 0 Å². The lowest BCUT2D eigenvalue weighted by molar-refractivity contribution is -0.138. The fourth-order valence-electron chi connectivity index (χ4n) is 3.04. The first-order chi connectivity index (χ1) is 7.73. The molecular weight excluding hydrogens is 212 g/mol. The summed E-state index contributed by atoms with van der Waals surface area (Å²) < 4.78 is 15.5. The van der Waals surface area contributed by atoms with E-state index in [-0.39, 0.29) is 30.5 Å². The zero-order chi connectivity index (χ0) is 11.3. The highest BCUT2D eigenvalue weighted by Crippen LogP contribution is 2.59. The second-order valence-electron chi connectivity index (χ2n) is 4.57. The van der Waals surface area contributed by atoms with E-state index in [1.807, 2.05) is 0 Å². The first-order valence-corrected chi connectivity index (χ1v) is 5.41. The van der Waals surface area contributed by atoms with Gasteiger partial charge in [-0.25, -0.2) is 4.79 Å². The summed E-state index contributed by atoms with van der Waals surface area (Å²) >= 11 is 0. The number of epoxide rings is 1. The molecule has 0 bridgehead atoms. The zero-order valence-electron chi connectivity index (χ0n) is 9.01. The van der Waals surface area contributed by atoms with E-state index in [2.05, 4.69) is 0 Å². The van der Waals surface area contributed by atoms with Gasteiger partial charge in [0, 0.05) is 11.8 Å². The maximum absolute atomic E-state index is 11.5. The fraction of sp³-hybridized carbons (Fsp3) is 0.727. The average Bonchev–Trinajstić information content (AvgIpc) is 2.95. The highest BCUT2D eigenvalue weighted by Gasteiger charge is 2.70. The second-order valence-corrected chi connectivity index (χ2v) is 4.57. The first-order valence-electron chi connectivity index (χ1n) is 5.41. The van der Waals surface area contributed by atoms with E-state index in [9.17, 15) is 9.90 Å². The summed E-state index contributed by atoms with van der Waals surface area (Å²) in [6.45, 7) is 0.499. The van der Waals surface area contributed by atoms with Gasteiger partial charge in [-0.15, -0.1) is 0 Å². The number of rotatable bonds is 2. The van der Waals surface area contributed by atoms with Crippen molar-refractivity contribution in [3.63, 3.8) is 0 Å². The Bertz CT molecular complexity index is 359. The Hall–Kier alpha value is -1.07. The molecule has 4 atom stereocenters. The van der Waals surface area contributed by atoms with Crippen molar-refractivity contribution in [1.82, 2.24) is 0 Å². The molecule has 0 aromatic rings. The smallest absolute Gasteiger partial charge is 0.337 e. The lowest BCUT2D eigenvalue weighted by atomic mass is 9.83. The van der Waals surface area contributed by atoms with E-state index < -0.39 is 5.60 Å². The molecule has 1 N–H and O–H groups in total. The van der Waals surface area contributed by atoms with Gasteiger partial charge in [0.2, 0.25) is 0 Å². The number of esters is 1. The van der Waals surface area contributed by atoms with Gasteiger partial charge in [0.05, 0.1) is 38.3 Å². The van der Waals surface area contributed by atoms with Crippen LogP contribution in [0.25, 0.3) is 0 Å². The van der Waals surface area contributed by atoms with Crippen molar-refractivity contribution in [2.24, 2.45) is 11.8 Å². The van der Waals surface area contributed by atoms with Crippen LogP contribution in [-0.2, 0) is 19.0 Å². The average molecular weight is 226 g/mol. The van der Waals surface area contributed by atoms with Gasteiger partial charge in [-0.3, -0.25) is 0 Å². The normalized spacial score (nSPS) is 43.9. The number of hydrogen-bond donors (Lipinski definition) is 1. The van der Waals surface area contributed by atoms with E-state index in [0.29, 0.717) is 12.2 Å². The first kappa shape index (κ1) is 10.1. The summed E-state index contributed by atoms with van der Waals surface area (Å²) in [7, 11) is 1.36. The Morgan fingerprint density at radius 3 is 3.25 bits per heavy atom. The van der Waals surface area contributed by atoms with E-state index in [1.54, 1.807) is 0 Å². The van der Waals surface area contributed by atoms with Gasteiger partial charge in [-0.2, -0.15) is 0 Å². The molecule has 1 saturated heterocycles. The minimum atomic E-state index is -0.460. The minimum absolute atomic E-state index is 0.00333. The summed E-state index contributed by atoms with van der Waals surface area (Å²) in [5, 5.41) is 9.37. The Morgan fingerprint density at radius 2 is 2.56 bits per heavy atom. The molecular formula is C11H14O5. The molecule has 4 unspecified atom stereocenters. The molecule has 0 radical (unpaired) electrons. The standard InChI is InChI=1S/C11H14O5/c1-14-10(13)7-3-15-4-8-6(7)2-9-11(8,5-12)16-9/h3,6,8-9,12H,2,4-5H2,1H3. The molecule has 3 rings (SSSR count). The molecule has 5 nitrogen and oxygen atoms in total. The molecule has 3 aliphatic rings. The number of aliphatic hydroxyl groups is 1. The van der Waals surface area contributed by atoms with Crippen molar-refractivity contribution < 1.29 is 24.1 Å². The van der Waals surface area contributed by atoms with Gasteiger partial charge >= 0.3 is 5.97 Å². The molecule has 5 heteroatoms. The number of carbonyl (C=O) groups is 1. The Labute approximate surface area is 93.0 Å². The summed E-state index contributed by atoms with van der Waals surface area (Å²) in [6, 6.07) is 0. The summed E-state index contributed by atoms with van der Waals surface area (Å²) in [6.07, 6.45) is 2.33.